The molecule has 0 saturated carbocycles. The van der Waals surface area contributed by atoms with Crippen molar-refractivity contribution in [2.24, 2.45) is 0 Å². The number of sulfonamides is 1. The molecule has 1 saturated heterocycles. The van der Waals surface area contributed by atoms with E-state index in [1.807, 2.05) is 18.2 Å². The minimum atomic E-state index is -3.67. The molecule has 2 aromatic rings. The average molecular weight is 591 g/mol. The number of unbranched alkanes of at least 4 members (excludes halogenated alkanes) is 5. The lowest BCUT2D eigenvalue weighted by Crippen LogP contribution is -2.35. The molecule has 0 aliphatic carbocycles. The van der Waals surface area contributed by atoms with Gasteiger partial charge < -0.3 is 14.5 Å². The zero-order valence-corrected chi connectivity index (χ0v) is 25.7. The smallest absolute Gasteiger partial charge is 0.273 e. The number of hydrogen-bond acceptors (Lipinski definition) is 8. The second-order valence-electron chi connectivity index (χ2n) is 11.0. The molecule has 3 rings (SSSR count). The molecule has 1 aliphatic rings. The highest BCUT2D eigenvalue weighted by atomic mass is 32.2. The summed E-state index contributed by atoms with van der Waals surface area (Å²) in [6, 6.07) is 5.63. The van der Waals surface area contributed by atoms with Gasteiger partial charge in [-0.3, -0.25) is 19.2 Å². The molecular weight excluding hydrogens is 544 g/mol. The van der Waals surface area contributed by atoms with Gasteiger partial charge in [-0.1, -0.05) is 45.1 Å². The Balaban J connectivity index is 1.61. The standard InChI is InChI=1S/C30H46N4O6S/c1-5-6-7-8-9-10-17-31-29(36)26-21-40-30(32-26)27-12-11-18-34(27)20-24-19-25(39-4)15-13-23(24)14-16-28(35)33-41(37,38)22(2)3/h13,15,19,21-22,27H,5-12,14,16-18,20H2,1-4H3,(H,31,36)(H,33,35)/t27-/m0/s1. The maximum Gasteiger partial charge on any atom is 0.273 e. The molecule has 2 heterocycles. The Morgan fingerprint density at radius 3 is 2.63 bits per heavy atom. The number of benzene rings is 1. The minimum absolute atomic E-state index is 0.0473. The fraction of sp³-hybridized carbons (Fsp3) is 0.633. The van der Waals surface area contributed by atoms with E-state index in [9.17, 15) is 18.0 Å². The van der Waals surface area contributed by atoms with Gasteiger partial charge in [-0.15, -0.1) is 0 Å². The Morgan fingerprint density at radius 1 is 1.15 bits per heavy atom. The maximum absolute atomic E-state index is 12.6. The molecule has 1 atom stereocenters. The third kappa shape index (κ3) is 9.85. The number of carbonyl (C=O) groups excluding carboxylic acids is 2. The highest BCUT2D eigenvalue weighted by molar-refractivity contribution is 7.90. The second-order valence-corrected chi connectivity index (χ2v) is 13.2. The number of methoxy groups -OCH3 is 1. The van der Waals surface area contributed by atoms with E-state index in [2.05, 4.69) is 26.8 Å². The highest BCUT2D eigenvalue weighted by Gasteiger charge is 2.31. The van der Waals surface area contributed by atoms with Crippen LogP contribution in [0.25, 0.3) is 0 Å². The van der Waals surface area contributed by atoms with Gasteiger partial charge >= 0.3 is 0 Å². The normalized spacial score (nSPS) is 15.8. The van der Waals surface area contributed by atoms with Gasteiger partial charge in [0.1, 0.15) is 12.0 Å². The van der Waals surface area contributed by atoms with Gasteiger partial charge in [0.15, 0.2) is 5.69 Å². The Labute approximate surface area is 244 Å². The first-order valence-electron chi connectivity index (χ1n) is 14.8. The molecule has 1 aromatic heterocycles. The summed E-state index contributed by atoms with van der Waals surface area (Å²) in [5.74, 6) is 0.481. The average Bonchev–Trinajstić information content (AvgIpc) is 3.61. The molecule has 0 radical (unpaired) electrons. The van der Waals surface area contributed by atoms with Crippen LogP contribution in [0.5, 0.6) is 5.75 Å². The summed E-state index contributed by atoms with van der Waals surface area (Å²) >= 11 is 0. The molecule has 11 heteroatoms. The first kappa shape index (κ1) is 32.6. The zero-order chi connectivity index (χ0) is 29.8. The molecule has 2 N–H and O–H groups in total. The van der Waals surface area contributed by atoms with E-state index in [1.165, 1.54) is 45.8 Å². The topological polar surface area (TPSA) is 131 Å². The second kappa shape index (κ2) is 15.9. The Kier molecular flexibility index (Phi) is 12.6. The minimum Gasteiger partial charge on any atom is -0.497 e. The fourth-order valence-corrected chi connectivity index (χ4v) is 5.61. The van der Waals surface area contributed by atoms with Crippen LogP contribution in [0.4, 0.5) is 0 Å². The van der Waals surface area contributed by atoms with E-state index in [0.717, 1.165) is 43.4 Å². The van der Waals surface area contributed by atoms with Gasteiger partial charge in [0.05, 0.1) is 18.4 Å². The van der Waals surface area contributed by atoms with Crippen LogP contribution in [0, 0.1) is 0 Å². The third-order valence-corrected chi connectivity index (χ3v) is 9.26. The van der Waals surface area contributed by atoms with Crippen molar-refractivity contribution in [2.75, 3.05) is 20.2 Å². The molecule has 10 nitrogen and oxygen atoms in total. The van der Waals surface area contributed by atoms with Crippen molar-refractivity contribution in [3.63, 3.8) is 0 Å². The lowest BCUT2D eigenvalue weighted by Gasteiger charge is -2.24. The predicted molar refractivity (Wildman–Crippen MR) is 158 cm³/mol. The van der Waals surface area contributed by atoms with E-state index in [4.69, 9.17) is 9.15 Å². The van der Waals surface area contributed by atoms with Crippen molar-refractivity contribution in [1.29, 1.82) is 0 Å². The summed E-state index contributed by atoms with van der Waals surface area (Å²) < 4.78 is 37.5. The fourth-order valence-electron chi connectivity index (χ4n) is 4.95. The van der Waals surface area contributed by atoms with Crippen LogP contribution >= 0.6 is 0 Å². The number of rotatable bonds is 17. The number of nitrogens with zero attached hydrogens (tertiary/aromatic N) is 2. The maximum atomic E-state index is 12.6. The third-order valence-electron chi connectivity index (χ3n) is 7.50. The molecule has 41 heavy (non-hydrogen) atoms. The Hall–Kier alpha value is -2.92. The van der Waals surface area contributed by atoms with Crippen molar-refractivity contribution in [3.8, 4) is 5.75 Å². The van der Waals surface area contributed by atoms with Crippen LogP contribution < -0.4 is 14.8 Å². The summed E-state index contributed by atoms with van der Waals surface area (Å²) in [6.07, 6.45) is 10.7. The number of nitrogens with one attached hydrogen (secondary N) is 2. The lowest BCUT2D eigenvalue weighted by atomic mass is 10.0. The molecule has 0 unspecified atom stereocenters. The Bertz CT molecular complexity index is 1240. The number of hydrogen-bond donors (Lipinski definition) is 2. The van der Waals surface area contributed by atoms with Crippen LogP contribution in [0.1, 0.15) is 112 Å². The van der Waals surface area contributed by atoms with Gasteiger partial charge in [0.25, 0.3) is 5.91 Å². The van der Waals surface area contributed by atoms with Crippen molar-refractivity contribution < 1.29 is 27.2 Å². The van der Waals surface area contributed by atoms with Crippen molar-refractivity contribution in [2.45, 2.75) is 103 Å². The predicted octanol–water partition coefficient (Wildman–Crippen LogP) is 4.90. The van der Waals surface area contributed by atoms with Gasteiger partial charge in [0.2, 0.25) is 21.8 Å². The van der Waals surface area contributed by atoms with E-state index < -0.39 is 21.2 Å². The monoisotopic (exact) mass is 590 g/mol. The van der Waals surface area contributed by atoms with Gasteiger partial charge in [-0.05, 0) is 69.3 Å². The van der Waals surface area contributed by atoms with Crippen LogP contribution in [-0.2, 0) is 27.8 Å². The van der Waals surface area contributed by atoms with E-state index in [1.54, 1.807) is 7.11 Å². The number of carbonyl (C=O) groups is 2. The summed E-state index contributed by atoms with van der Waals surface area (Å²) in [6.45, 7) is 7.29. The highest BCUT2D eigenvalue weighted by Crippen LogP contribution is 2.34. The molecule has 2 amide bonds. The number of aromatic nitrogens is 1. The number of ether oxygens (including phenoxy) is 1. The number of likely N-dealkylation sites (tertiary alicyclic amines) is 1. The SMILES string of the molecule is CCCCCCCCNC(=O)c1coc([C@@H]2CCCN2Cc2cc(OC)ccc2CCC(=O)NS(=O)(=O)C(C)C)n1. The summed E-state index contributed by atoms with van der Waals surface area (Å²) in [5.41, 5.74) is 2.22. The van der Waals surface area contributed by atoms with Gasteiger partial charge in [-0.2, -0.15) is 0 Å². The lowest BCUT2D eigenvalue weighted by molar-refractivity contribution is -0.119. The first-order valence-corrected chi connectivity index (χ1v) is 16.4. The Morgan fingerprint density at radius 2 is 1.90 bits per heavy atom. The summed E-state index contributed by atoms with van der Waals surface area (Å²) in [4.78, 5) is 31.8. The van der Waals surface area contributed by atoms with E-state index in [-0.39, 0.29) is 18.4 Å². The van der Waals surface area contributed by atoms with E-state index in [0.29, 0.717) is 36.8 Å². The molecule has 0 bridgehead atoms. The van der Waals surface area contributed by atoms with Crippen molar-refractivity contribution in [1.82, 2.24) is 19.9 Å². The first-order chi connectivity index (χ1) is 19.6. The molecule has 0 spiro atoms. The number of oxazole rings is 1. The van der Waals surface area contributed by atoms with Crippen LogP contribution in [0.3, 0.4) is 0 Å². The van der Waals surface area contributed by atoms with Gasteiger partial charge in [-0.25, -0.2) is 13.4 Å². The largest absolute Gasteiger partial charge is 0.497 e. The van der Waals surface area contributed by atoms with Crippen LogP contribution in [0.15, 0.2) is 28.9 Å². The zero-order valence-electron chi connectivity index (χ0n) is 24.9. The quantitative estimate of drug-likeness (QED) is 0.249. The number of aryl methyl sites for hydroxylation is 1. The van der Waals surface area contributed by atoms with Crippen molar-refractivity contribution >= 4 is 21.8 Å². The summed E-state index contributed by atoms with van der Waals surface area (Å²) in [7, 11) is -2.06. The van der Waals surface area contributed by atoms with E-state index >= 15 is 0 Å². The van der Waals surface area contributed by atoms with Crippen LogP contribution in [-0.4, -0.2) is 55.6 Å². The molecule has 1 aliphatic heterocycles. The molecular formula is C30H46N4O6S. The van der Waals surface area contributed by atoms with Crippen LogP contribution in [0.2, 0.25) is 0 Å². The van der Waals surface area contributed by atoms with Crippen molar-refractivity contribution in [3.05, 3.63) is 47.2 Å². The molecule has 1 aromatic carbocycles. The van der Waals surface area contributed by atoms with Gasteiger partial charge in [0, 0.05) is 19.5 Å². The number of amides is 2. The molecule has 1 fully saturated rings. The molecule has 228 valence electrons. The summed E-state index contributed by atoms with van der Waals surface area (Å²) in [5, 5.41) is 2.27.